The van der Waals surface area contributed by atoms with Gasteiger partial charge in [0.15, 0.2) is 0 Å². The molecule has 0 saturated heterocycles. The summed E-state index contributed by atoms with van der Waals surface area (Å²) in [7, 11) is 0. The maximum atomic E-state index is 4.63. The number of hydrogen-bond donors (Lipinski definition) is 0. The highest BCUT2D eigenvalue weighted by Crippen LogP contribution is 2.45. The number of thiophene rings is 2. The Labute approximate surface area is 183 Å². The van der Waals surface area contributed by atoms with E-state index in [0.717, 1.165) is 16.4 Å². The van der Waals surface area contributed by atoms with Crippen molar-refractivity contribution in [2.75, 3.05) is 0 Å². The molecule has 0 aliphatic rings. The molecular formula is C26H13N3S2. The van der Waals surface area contributed by atoms with Crippen molar-refractivity contribution >= 4 is 90.3 Å². The normalized spacial score (nSPS) is 12.5. The van der Waals surface area contributed by atoms with Crippen molar-refractivity contribution in [3.8, 4) is 0 Å². The molecule has 0 N–H and O–H groups in total. The van der Waals surface area contributed by atoms with Crippen LogP contribution in [0.1, 0.15) is 0 Å². The molecule has 5 aromatic heterocycles. The smallest absolute Gasteiger partial charge is 0.145 e. The van der Waals surface area contributed by atoms with Crippen LogP contribution in [0.25, 0.3) is 67.7 Å². The van der Waals surface area contributed by atoms with Crippen LogP contribution >= 0.6 is 22.7 Å². The standard InChI is InChI=1S/C26H13N3S2/c1-2-4-20-14(3-1)16-11-17-23(12-22(16)30-20)31-21-6-5-19-24(25(17)21)18-13-27-8-7-15(18)26-28-9-10-29(19)26/h1-13H. The zero-order valence-electron chi connectivity index (χ0n) is 16.2. The zero-order valence-corrected chi connectivity index (χ0v) is 17.8. The van der Waals surface area contributed by atoms with E-state index in [1.807, 2.05) is 41.3 Å². The van der Waals surface area contributed by atoms with Gasteiger partial charge in [0, 0.05) is 81.3 Å². The first kappa shape index (κ1) is 16.2. The molecule has 144 valence electrons. The summed E-state index contributed by atoms with van der Waals surface area (Å²) in [5.74, 6) is 0. The quantitative estimate of drug-likeness (QED) is 0.230. The number of hydrogen-bond acceptors (Lipinski definition) is 4. The zero-order chi connectivity index (χ0) is 20.1. The molecule has 0 aliphatic heterocycles. The fourth-order valence-corrected chi connectivity index (χ4v) is 7.37. The van der Waals surface area contributed by atoms with Crippen molar-refractivity contribution in [2.45, 2.75) is 0 Å². The van der Waals surface area contributed by atoms with Gasteiger partial charge in [-0.3, -0.25) is 9.38 Å². The van der Waals surface area contributed by atoms with Gasteiger partial charge in [-0.05, 0) is 36.4 Å². The molecule has 3 nitrogen and oxygen atoms in total. The Kier molecular flexibility index (Phi) is 2.91. The van der Waals surface area contributed by atoms with Gasteiger partial charge in [-0.1, -0.05) is 18.2 Å². The Morgan fingerprint density at radius 1 is 0.645 bits per heavy atom. The van der Waals surface area contributed by atoms with Crippen LogP contribution in [0.3, 0.4) is 0 Å². The van der Waals surface area contributed by atoms with Crippen LogP contribution < -0.4 is 0 Å². The van der Waals surface area contributed by atoms with E-state index in [1.54, 1.807) is 0 Å². The van der Waals surface area contributed by atoms with Gasteiger partial charge in [0.25, 0.3) is 0 Å². The van der Waals surface area contributed by atoms with Gasteiger partial charge in [-0.2, -0.15) is 0 Å². The molecule has 0 amide bonds. The van der Waals surface area contributed by atoms with Crippen molar-refractivity contribution in [3.05, 3.63) is 79.4 Å². The third-order valence-corrected chi connectivity index (χ3v) is 8.60. The fourth-order valence-electron chi connectivity index (χ4n) is 5.04. The van der Waals surface area contributed by atoms with Crippen LogP contribution in [-0.4, -0.2) is 14.4 Å². The van der Waals surface area contributed by atoms with Crippen LogP contribution in [0.15, 0.2) is 79.4 Å². The van der Waals surface area contributed by atoms with Gasteiger partial charge in [-0.25, -0.2) is 4.98 Å². The number of nitrogens with zero attached hydrogens (tertiary/aromatic N) is 3. The summed E-state index contributed by atoms with van der Waals surface area (Å²) >= 11 is 3.76. The number of rotatable bonds is 0. The molecule has 31 heavy (non-hydrogen) atoms. The molecule has 0 spiro atoms. The molecule has 8 aromatic rings. The first-order valence-corrected chi connectivity index (χ1v) is 11.8. The van der Waals surface area contributed by atoms with Gasteiger partial charge >= 0.3 is 0 Å². The van der Waals surface area contributed by atoms with Crippen molar-refractivity contribution < 1.29 is 0 Å². The molecule has 3 aromatic carbocycles. The van der Waals surface area contributed by atoms with Crippen molar-refractivity contribution in [3.63, 3.8) is 0 Å². The van der Waals surface area contributed by atoms with Crippen molar-refractivity contribution in [1.29, 1.82) is 0 Å². The second kappa shape index (κ2) is 5.58. The van der Waals surface area contributed by atoms with Crippen LogP contribution in [0, 0.1) is 0 Å². The third kappa shape index (κ3) is 1.98. The number of imidazole rings is 1. The Morgan fingerprint density at radius 2 is 1.55 bits per heavy atom. The lowest BCUT2D eigenvalue weighted by atomic mass is 10.0. The van der Waals surface area contributed by atoms with Crippen LogP contribution in [-0.2, 0) is 0 Å². The first-order chi connectivity index (χ1) is 15.4. The van der Waals surface area contributed by atoms with E-state index in [9.17, 15) is 0 Å². The summed E-state index contributed by atoms with van der Waals surface area (Å²) < 4.78 is 7.56. The minimum Gasteiger partial charge on any atom is -0.299 e. The van der Waals surface area contributed by atoms with Gasteiger partial charge in [0.2, 0.25) is 0 Å². The van der Waals surface area contributed by atoms with Gasteiger partial charge in [-0.15, -0.1) is 22.7 Å². The Bertz CT molecular complexity index is 2010. The predicted octanol–water partition coefficient (Wildman–Crippen LogP) is 7.77. The largest absolute Gasteiger partial charge is 0.299 e. The summed E-state index contributed by atoms with van der Waals surface area (Å²) in [6, 6.07) is 20.1. The molecule has 0 saturated carbocycles. The summed E-state index contributed by atoms with van der Waals surface area (Å²) in [6.45, 7) is 0. The van der Waals surface area contributed by atoms with E-state index in [0.29, 0.717) is 0 Å². The van der Waals surface area contributed by atoms with E-state index in [1.165, 1.54) is 51.2 Å². The molecule has 0 radical (unpaired) electrons. The highest BCUT2D eigenvalue weighted by Gasteiger charge is 2.17. The highest BCUT2D eigenvalue weighted by atomic mass is 32.1. The summed E-state index contributed by atoms with van der Waals surface area (Å²) in [5, 5.41) is 8.90. The van der Waals surface area contributed by atoms with E-state index in [4.69, 9.17) is 0 Å². The molecule has 0 bridgehead atoms. The maximum absolute atomic E-state index is 4.63. The second-order valence-electron chi connectivity index (χ2n) is 7.92. The Balaban J connectivity index is 1.68. The molecule has 8 rings (SSSR count). The Hall–Kier alpha value is -3.54. The Morgan fingerprint density at radius 3 is 2.55 bits per heavy atom. The number of pyridine rings is 2. The molecule has 5 heteroatoms. The number of aromatic nitrogens is 3. The summed E-state index contributed by atoms with van der Waals surface area (Å²) in [6.07, 6.45) is 7.79. The van der Waals surface area contributed by atoms with Gasteiger partial charge < -0.3 is 0 Å². The van der Waals surface area contributed by atoms with Crippen LogP contribution in [0.5, 0.6) is 0 Å². The summed E-state index contributed by atoms with van der Waals surface area (Å²) in [4.78, 5) is 9.11. The SMILES string of the molecule is c1ccc2c(c1)sc1cc3sc4ccc5c(c6cnccc6c6nccn56)c4c3cc12. The highest BCUT2D eigenvalue weighted by molar-refractivity contribution is 7.28. The predicted molar refractivity (Wildman–Crippen MR) is 134 cm³/mol. The van der Waals surface area contributed by atoms with E-state index in [-0.39, 0.29) is 0 Å². The van der Waals surface area contributed by atoms with Crippen molar-refractivity contribution in [2.24, 2.45) is 0 Å². The average Bonchev–Trinajstić information content (AvgIpc) is 3.52. The lowest BCUT2D eigenvalue weighted by Crippen LogP contribution is -1.91. The minimum atomic E-state index is 0.981. The molecule has 0 atom stereocenters. The third-order valence-electron chi connectivity index (χ3n) is 6.34. The lowest BCUT2D eigenvalue weighted by molar-refractivity contribution is 1.27. The summed E-state index contributed by atoms with van der Waals surface area (Å²) in [5.41, 5.74) is 2.16. The lowest BCUT2D eigenvalue weighted by Gasteiger charge is -2.09. The molecule has 0 fully saturated rings. The number of benzene rings is 3. The molecular weight excluding hydrogens is 418 g/mol. The second-order valence-corrected chi connectivity index (χ2v) is 10.1. The maximum Gasteiger partial charge on any atom is 0.145 e. The van der Waals surface area contributed by atoms with Gasteiger partial charge in [0.1, 0.15) is 5.65 Å². The first-order valence-electron chi connectivity index (χ1n) is 10.2. The monoisotopic (exact) mass is 431 g/mol. The number of fused-ring (bicyclic) bond motifs is 13. The van der Waals surface area contributed by atoms with Crippen LogP contribution in [0.2, 0.25) is 0 Å². The average molecular weight is 432 g/mol. The molecule has 0 aliphatic carbocycles. The molecule has 0 unspecified atom stereocenters. The van der Waals surface area contributed by atoms with E-state index < -0.39 is 0 Å². The van der Waals surface area contributed by atoms with Crippen LogP contribution in [0.4, 0.5) is 0 Å². The molecule has 5 heterocycles. The van der Waals surface area contributed by atoms with Crippen molar-refractivity contribution in [1.82, 2.24) is 14.4 Å². The van der Waals surface area contributed by atoms with E-state index in [2.05, 4.69) is 75.2 Å². The van der Waals surface area contributed by atoms with E-state index >= 15 is 0 Å². The van der Waals surface area contributed by atoms with Gasteiger partial charge in [0.05, 0.1) is 5.52 Å². The topological polar surface area (TPSA) is 30.2 Å². The minimum absolute atomic E-state index is 0.981. The fraction of sp³-hybridized carbons (Fsp3) is 0.